The molecule has 0 heterocycles. The summed E-state index contributed by atoms with van der Waals surface area (Å²) in [4.78, 5) is 14.7. The first-order valence-electron chi connectivity index (χ1n) is 2.46. The first-order chi connectivity index (χ1) is 4.31. The predicted octanol–water partition coefficient (Wildman–Crippen LogP) is -0.788. The van der Waals surface area contributed by atoms with E-state index in [-0.39, 0.29) is 13.2 Å². The summed E-state index contributed by atoms with van der Waals surface area (Å²) in [5.74, 6) is -0.413. The molecule has 0 spiro atoms. The molecule has 0 unspecified atom stereocenters. The van der Waals surface area contributed by atoms with Gasteiger partial charge >= 0.3 is 0 Å². The number of carbonyl (C=O) groups is 1. The van der Waals surface area contributed by atoms with Crippen LogP contribution in [0.1, 0.15) is 0 Å². The zero-order valence-electron chi connectivity index (χ0n) is 4.96. The Labute approximate surface area is 53.1 Å². The van der Waals surface area contributed by atoms with Crippen molar-refractivity contribution in [3.8, 4) is 0 Å². The summed E-state index contributed by atoms with van der Waals surface area (Å²) < 4.78 is 0. The molecule has 0 saturated carbocycles. The third kappa shape index (κ3) is 4.99. The van der Waals surface area contributed by atoms with Gasteiger partial charge < -0.3 is 5.11 Å². The van der Waals surface area contributed by atoms with E-state index < -0.39 is 5.91 Å². The summed E-state index contributed by atoms with van der Waals surface area (Å²) in [5, 5.41) is 8.15. The van der Waals surface area contributed by atoms with Crippen LogP contribution in [0.3, 0.4) is 0 Å². The molecule has 1 amide bonds. The maximum absolute atomic E-state index is 10.3. The van der Waals surface area contributed by atoms with Crippen LogP contribution in [0.4, 0.5) is 0 Å². The van der Waals surface area contributed by atoms with Gasteiger partial charge in [-0.3, -0.25) is 9.63 Å². The van der Waals surface area contributed by atoms with Gasteiger partial charge in [-0.05, 0) is 6.08 Å². The minimum absolute atomic E-state index is 0.0968. The molecule has 2 N–H and O–H groups in total. The Morgan fingerprint density at radius 3 is 3.00 bits per heavy atom. The van der Waals surface area contributed by atoms with Crippen LogP contribution in [0.5, 0.6) is 0 Å². The number of hydroxylamine groups is 1. The molecule has 0 bridgehead atoms. The number of hydrogen-bond acceptors (Lipinski definition) is 3. The number of aliphatic hydroxyl groups excluding tert-OH is 1. The van der Waals surface area contributed by atoms with Crippen molar-refractivity contribution < 1.29 is 14.7 Å². The van der Waals surface area contributed by atoms with E-state index in [0.717, 1.165) is 6.08 Å². The van der Waals surface area contributed by atoms with E-state index in [0.29, 0.717) is 0 Å². The van der Waals surface area contributed by atoms with Crippen molar-refractivity contribution in [3.05, 3.63) is 12.7 Å². The lowest BCUT2D eigenvalue weighted by Gasteiger charge is -1.98. The Balaban J connectivity index is 3.07. The molecule has 0 atom stereocenters. The fraction of sp³-hybridized carbons (Fsp3) is 0.400. The molecular formula is C5H9NO3. The van der Waals surface area contributed by atoms with Crippen molar-refractivity contribution >= 4 is 5.91 Å². The minimum Gasteiger partial charge on any atom is -0.394 e. The van der Waals surface area contributed by atoms with Crippen molar-refractivity contribution in [2.24, 2.45) is 0 Å². The molecule has 0 saturated heterocycles. The molecule has 0 rings (SSSR count). The van der Waals surface area contributed by atoms with Crippen molar-refractivity contribution in [1.29, 1.82) is 0 Å². The van der Waals surface area contributed by atoms with E-state index in [9.17, 15) is 4.79 Å². The zero-order chi connectivity index (χ0) is 7.11. The highest BCUT2D eigenvalue weighted by molar-refractivity contribution is 5.85. The lowest BCUT2D eigenvalue weighted by Crippen LogP contribution is -2.22. The van der Waals surface area contributed by atoms with Gasteiger partial charge in [0.05, 0.1) is 13.2 Å². The first-order valence-corrected chi connectivity index (χ1v) is 2.46. The number of carbonyl (C=O) groups excluding carboxylic acids is 1. The first kappa shape index (κ1) is 8.13. The highest BCUT2D eigenvalue weighted by Gasteiger charge is 1.89. The number of amides is 1. The monoisotopic (exact) mass is 131 g/mol. The van der Waals surface area contributed by atoms with Gasteiger partial charge in [-0.25, -0.2) is 5.48 Å². The van der Waals surface area contributed by atoms with Crippen LogP contribution < -0.4 is 5.48 Å². The maximum Gasteiger partial charge on any atom is 0.266 e. The predicted molar refractivity (Wildman–Crippen MR) is 31.4 cm³/mol. The van der Waals surface area contributed by atoms with Gasteiger partial charge in [-0.1, -0.05) is 6.58 Å². The molecule has 0 aliphatic heterocycles. The Morgan fingerprint density at radius 2 is 2.56 bits per heavy atom. The highest BCUT2D eigenvalue weighted by atomic mass is 16.7. The van der Waals surface area contributed by atoms with Gasteiger partial charge in [0.25, 0.3) is 5.91 Å². The van der Waals surface area contributed by atoms with Crippen LogP contribution in [0, 0.1) is 0 Å². The molecule has 4 nitrogen and oxygen atoms in total. The van der Waals surface area contributed by atoms with Crippen molar-refractivity contribution in [2.75, 3.05) is 13.2 Å². The number of nitrogens with one attached hydrogen (secondary N) is 1. The van der Waals surface area contributed by atoms with E-state index >= 15 is 0 Å². The third-order valence-electron chi connectivity index (χ3n) is 0.552. The zero-order valence-corrected chi connectivity index (χ0v) is 4.96. The summed E-state index contributed by atoms with van der Waals surface area (Å²) in [7, 11) is 0. The summed E-state index contributed by atoms with van der Waals surface area (Å²) in [6.45, 7) is 3.17. The summed E-state index contributed by atoms with van der Waals surface area (Å²) >= 11 is 0. The van der Waals surface area contributed by atoms with Gasteiger partial charge in [-0.2, -0.15) is 0 Å². The number of aliphatic hydroxyl groups is 1. The molecule has 4 heteroatoms. The van der Waals surface area contributed by atoms with Gasteiger partial charge in [-0.15, -0.1) is 0 Å². The summed E-state index contributed by atoms with van der Waals surface area (Å²) in [5.41, 5.74) is 2.02. The molecule has 52 valence electrons. The molecule has 0 fully saturated rings. The van der Waals surface area contributed by atoms with Crippen LogP contribution in [0.25, 0.3) is 0 Å². The van der Waals surface area contributed by atoms with Crippen molar-refractivity contribution in [1.82, 2.24) is 5.48 Å². The fourth-order valence-electron chi connectivity index (χ4n) is 0.209. The maximum atomic E-state index is 10.3. The Hall–Kier alpha value is -0.870. The van der Waals surface area contributed by atoms with E-state index in [1.807, 2.05) is 5.48 Å². The average molecular weight is 131 g/mol. The summed E-state index contributed by atoms with van der Waals surface area (Å²) in [6.07, 6.45) is 1.08. The lowest BCUT2D eigenvalue weighted by molar-refractivity contribution is -0.129. The molecule has 0 aromatic heterocycles. The van der Waals surface area contributed by atoms with Crippen LogP contribution in [-0.4, -0.2) is 24.2 Å². The van der Waals surface area contributed by atoms with Gasteiger partial charge in [0.2, 0.25) is 0 Å². The Morgan fingerprint density at radius 1 is 1.89 bits per heavy atom. The Bertz CT molecular complexity index is 102. The Kier molecular flexibility index (Phi) is 4.76. The van der Waals surface area contributed by atoms with E-state index in [1.165, 1.54) is 0 Å². The third-order valence-corrected chi connectivity index (χ3v) is 0.552. The molecule has 9 heavy (non-hydrogen) atoms. The highest BCUT2D eigenvalue weighted by Crippen LogP contribution is 1.67. The number of rotatable bonds is 4. The molecule has 0 aromatic carbocycles. The molecule has 0 aromatic rings. The quantitative estimate of drug-likeness (QED) is 0.299. The largest absolute Gasteiger partial charge is 0.394 e. The second-order valence-corrected chi connectivity index (χ2v) is 1.24. The normalized spacial score (nSPS) is 8.56. The van der Waals surface area contributed by atoms with Gasteiger partial charge in [0, 0.05) is 0 Å². The standard InChI is InChI=1S/C5H9NO3/c1-2-5(8)6-9-4-3-7/h2,7H,1,3-4H2,(H,6,8). The lowest BCUT2D eigenvalue weighted by atomic mass is 10.6. The van der Waals surface area contributed by atoms with E-state index in [2.05, 4.69) is 11.4 Å². The van der Waals surface area contributed by atoms with Gasteiger partial charge in [0.15, 0.2) is 0 Å². The summed E-state index contributed by atoms with van der Waals surface area (Å²) in [6, 6.07) is 0. The van der Waals surface area contributed by atoms with Crippen LogP contribution >= 0.6 is 0 Å². The second kappa shape index (κ2) is 5.27. The van der Waals surface area contributed by atoms with Crippen molar-refractivity contribution in [2.45, 2.75) is 0 Å². The van der Waals surface area contributed by atoms with E-state index in [1.54, 1.807) is 0 Å². The van der Waals surface area contributed by atoms with Crippen molar-refractivity contribution in [3.63, 3.8) is 0 Å². The number of hydrogen-bond donors (Lipinski definition) is 2. The van der Waals surface area contributed by atoms with Gasteiger partial charge in [0.1, 0.15) is 0 Å². The molecule has 0 aliphatic rings. The smallest absolute Gasteiger partial charge is 0.266 e. The van der Waals surface area contributed by atoms with E-state index in [4.69, 9.17) is 5.11 Å². The van der Waals surface area contributed by atoms with Crippen LogP contribution in [0.15, 0.2) is 12.7 Å². The van der Waals surface area contributed by atoms with Crippen LogP contribution in [0.2, 0.25) is 0 Å². The minimum atomic E-state index is -0.413. The molecular weight excluding hydrogens is 122 g/mol. The SMILES string of the molecule is C=CC(=O)NOCCO. The molecule has 0 aliphatic carbocycles. The van der Waals surface area contributed by atoms with Crippen LogP contribution in [-0.2, 0) is 9.63 Å². The average Bonchev–Trinajstić information content (AvgIpc) is 1.89. The second-order valence-electron chi connectivity index (χ2n) is 1.24. The topological polar surface area (TPSA) is 58.6 Å². The fourth-order valence-corrected chi connectivity index (χ4v) is 0.209. The molecule has 0 radical (unpaired) electrons.